The van der Waals surface area contributed by atoms with Gasteiger partial charge in [0.1, 0.15) is 5.82 Å². The third kappa shape index (κ3) is 4.52. The highest BCUT2D eigenvalue weighted by Crippen LogP contribution is 2.47. The molecule has 5 rings (SSSR count). The predicted molar refractivity (Wildman–Crippen MR) is 136 cm³/mol. The lowest BCUT2D eigenvalue weighted by molar-refractivity contribution is -0.116. The lowest BCUT2D eigenvalue weighted by Gasteiger charge is -2.37. The molecule has 1 aliphatic heterocycles. The Morgan fingerprint density at radius 3 is 2.49 bits per heavy atom. The first-order chi connectivity index (χ1) is 16.9. The molecule has 1 heterocycles. The molecule has 176 valence electrons. The molecule has 0 bridgehead atoms. The molecule has 0 radical (unpaired) electrons. The number of benzene rings is 3. The number of halogens is 2. The number of ketones is 1. The molecule has 6 heteroatoms. The average Bonchev–Trinajstić information content (AvgIpc) is 2.84. The molecule has 4 nitrogen and oxygen atoms in total. The maximum absolute atomic E-state index is 13.7. The van der Waals surface area contributed by atoms with Crippen LogP contribution in [-0.4, -0.2) is 11.7 Å². The highest BCUT2D eigenvalue weighted by molar-refractivity contribution is 6.31. The second-order valence-corrected chi connectivity index (χ2v) is 9.32. The van der Waals surface area contributed by atoms with E-state index in [2.05, 4.69) is 10.6 Å². The van der Waals surface area contributed by atoms with Crippen molar-refractivity contribution < 1.29 is 14.0 Å². The van der Waals surface area contributed by atoms with E-state index in [4.69, 9.17) is 11.6 Å². The Labute approximate surface area is 208 Å². The number of anilines is 1. The number of hydrogen-bond acceptors (Lipinski definition) is 3. The Bertz CT molecular complexity index is 1380. The van der Waals surface area contributed by atoms with Gasteiger partial charge in [0.05, 0.1) is 0 Å². The zero-order chi connectivity index (χ0) is 24.5. The standard InChI is InChI=1S/C29H24ClFN2O2/c1-17-26(29(35)33-21-11-7-10-20(31)16-21)27(22-12-5-6-13-23(22)30)28-24(32-17)14-19(15-25(28)34)18-8-3-2-4-9-18/h2-13,16,19,27,32H,14-15H2,1H3,(H,33,35). The minimum absolute atomic E-state index is 0.0129. The van der Waals surface area contributed by atoms with Crippen LogP contribution < -0.4 is 10.6 Å². The monoisotopic (exact) mass is 486 g/mol. The summed E-state index contributed by atoms with van der Waals surface area (Å²) in [6.45, 7) is 1.82. The Morgan fingerprint density at radius 2 is 1.74 bits per heavy atom. The third-order valence-electron chi connectivity index (χ3n) is 6.64. The van der Waals surface area contributed by atoms with Crippen LogP contribution in [0.3, 0.4) is 0 Å². The van der Waals surface area contributed by atoms with Crippen LogP contribution in [0.4, 0.5) is 10.1 Å². The molecule has 0 fully saturated rings. The second kappa shape index (κ2) is 9.51. The van der Waals surface area contributed by atoms with Crippen LogP contribution in [0, 0.1) is 5.82 Å². The van der Waals surface area contributed by atoms with Gasteiger partial charge in [-0.05, 0) is 54.7 Å². The van der Waals surface area contributed by atoms with Crippen LogP contribution in [0.1, 0.15) is 42.7 Å². The summed E-state index contributed by atoms with van der Waals surface area (Å²) >= 11 is 6.60. The van der Waals surface area contributed by atoms with E-state index >= 15 is 0 Å². The SMILES string of the molecule is CC1=C(C(=O)Nc2cccc(F)c2)C(c2ccccc2Cl)C2=C(CC(c3ccccc3)CC2=O)N1. The first-order valence-corrected chi connectivity index (χ1v) is 11.9. The zero-order valence-corrected chi connectivity index (χ0v) is 19.9. The van der Waals surface area contributed by atoms with E-state index in [1.165, 1.54) is 18.2 Å². The number of carbonyl (C=O) groups excluding carboxylic acids is 2. The van der Waals surface area contributed by atoms with Gasteiger partial charge >= 0.3 is 0 Å². The van der Waals surface area contributed by atoms with Crippen molar-refractivity contribution in [2.75, 3.05) is 5.32 Å². The molecule has 3 aromatic carbocycles. The van der Waals surface area contributed by atoms with Gasteiger partial charge in [-0.25, -0.2) is 4.39 Å². The molecular formula is C29H24ClFN2O2. The molecule has 2 unspecified atom stereocenters. The molecule has 1 aliphatic carbocycles. The molecule has 0 aromatic heterocycles. The van der Waals surface area contributed by atoms with Crippen LogP contribution >= 0.6 is 11.6 Å². The van der Waals surface area contributed by atoms with E-state index in [0.29, 0.717) is 46.0 Å². The number of carbonyl (C=O) groups is 2. The third-order valence-corrected chi connectivity index (χ3v) is 6.99. The highest BCUT2D eigenvalue weighted by Gasteiger charge is 2.41. The van der Waals surface area contributed by atoms with Crippen molar-refractivity contribution in [3.63, 3.8) is 0 Å². The lowest BCUT2D eigenvalue weighted by Crippen LogP contribution is -2.37. The van der Waals surface area contributed by atoms with Crippen LogP contribution in [0.2, 0.25) is 5.02 Å². The van der Waals surface area contributed by atoms with Gasteiger partial charge in [-0.2, -0.15) is 0 Å². The number of amides is 1. The van der Waals surface area contributed by atoms with E-state index in [9.17, 15) is 14.0 Å². The van der Waals surface area contributed by atoms with Gasteiger partial charge in [-0.1, -0.05) is 66.2 Å². The van der Waals surface area contributed by atoms with E-state index in [0.717, 1.165) is 11.3 Å². The van der Waals surface area contributed by atoms with Crippen molar-refractivity contribution in [2.45, 2.75) is 31.6 Å². The van der Waals surface area contributed by atoms with Crippen molar-refractivity contribution in [1.82, 2.24) is 5.32 Å². The van der Waals surface area contributed by atoms with Crippen molar-refractivity contribution in [3.8, 4) is 0 Å². The van der Waals surface area contributed by atoms with Crippen molar-refractivity contribution in [2.24, 2.45) is 0 Å². The molecular weight excluding hydrogens is 463 g/mol. The van der Waals surface area contributed by atoms with Gasteiger partial charge in [0.2, 0.25) is 0 Å². The fourth-order valence-corrected chi connectivity index (χ4v) is 5.33. The van der Waals surface area contributed by atoms with Crippen LogP contribution in [0.15, 0.2) is 101 Å². The lowest BCUT2D eigenvalue weighted by atomic mass is 9.71. The van der Waals surface area contributed by atoms with Crippen molar-refractivity contribution >= 4 is 29.0 Å². The summed E-state index contributed by atoms with van der Waals surface area (Å²) in [5.74, 6) is -1.44. The predicted octanol–water partition coefficient (Wildman–Crippen LogP) is 6.48. The van der Waals surface area contributed by atoms with E-state index < -0.39 is 17.6 Å². The number of Topliss-reactive ketones (excluding diaryl/α,β-unsaturated/α-hetero) is 1. The summed E-state index contributed by atoms with van der Waals surface area (Å²) in [5, 5.41) is 6.63. The molecule has 0 saturated carbocycles. The zero-order valence-electron chi connectivity index (χ0n) is 19.1. The van der Waals surface area contributed by atoms with Crippen LogP contribution in [0.25, 0.3) is 0 Å². The molecule has 0 spiro atoms. The molecule has 35 heavy (non-hydrogen) atoms. The Hall–Kier alpha value is -3.70. The topological polar surface area (TPSA) is 58.2 Å². The van der Waals surface area contributed by atoms with Gasteiger partial charge in [0.15, 0.2) is 5.78 Å². The first kappa shape index (κ1) is 23.1. The summed E-state index contributed by atoms with van der Waals surface area (Å²) in [6, 6.07) is 23.0. The summed E-state index contributed by atoms with van der Waals surface area (Å²) in [4.78, 5) is 27.2. The van der Waals surface area contributed by atoms with E-state index in [1.54, 1.807) is 12.1 Å². The Morgan fingerprint density at radius 1 is 1.00 bits per heavy atom. The molecule has 2 aliphatic rings. The van der Waals surface area contributed by atoms with Gasteiger partial charge < -0.3 is 10.6 Å². The molecule has 2 atom stereocenters. The first-order valence-electron chi connectivity index (χ1n) is 11.5. The number of dihydropyridines is 1. The minimum atomic E-state index is -0.627. The molecule has 3 aromatic rings. The van der Waals surface area contributed by atoms with Gasteiger partial charge in [-0.3, -0.25) is 9.59 Å². The van der Waals surface area contributed by atoms with Crippen molar-refractivity contribution in [3.05, 3.63) is 123 Å². The van der Waals surface area contributed by atoms with E-state index in [1.807, 2.05) is 55.5 Å². The highest BCUT2D eigenvalue weighted by atomic mass is 35.5. The maximum Gasteiger partial charge on any atom is 0.254 e. The second-order valence-electron chi connectivity index (χ2n) is 8.91. The molecule has 2 N–H and O–H groups in total. The Kier molecular flexibility index (Phi) is 6.27. The van der Waals surface area contributed by atoms with Crippen LogP contribution in [0.5, 0.6) is 0 Å². The fraction of sp³-hybridized carbons (Fsp3) is 0.172. The smallest absolute Gasteiger partial charge is 0.254 e. The summed E-state index contributed by atoms with van der Waals surface area (Å²) in [6.07, 6.45) is 1.01. The fourth-order valence-electron chi connectivity index (χ4n) is 5.09. The number of hydrogen-bond donors (Lipinski definition) is 2. The summed E-state index contributed by atoms with van der Waals surface area (Å²) in [5.41, 5.74) is 4.57. The quantitative estimate of drug-likeness (QED) is 0.443. The average molecular weight is 487 g/mol. The molecule has 1 amide bonds. The van der Waals surface area contributed by atoms with Gasteiger partial charge in [0, 0.05) is 45.6 Å². The number of rotatable bonds is 4. The summed E-state index contributed by atoms with van der Waals surface area (Å²) in [7, 11) is 0. The van der Waals surface area contributed by atoms with Crippen molar-refractivity contribution in [1.29, 1.82) is 0 Å². The van der Waals surface area contributed by atoms with Gasteiger partial charge in [0.25, 0.3) is 5.91 Å². The maximum atomic E-state index is 13.7. The number of allylic oxidation sites excluding steroid dienone is 3. The van der Waals surface area contributed by atoms with Gasteiger partial charge in [-0.15, -0.1) is 0 Å². The minimum Gasteiger partial charge on any atom is -0.362 e. The number of nitrogens with one attached hydrogen (secondary N) is 2. The normalized spacial score (nSPS) is 19.8. The summed E-state index contributed by atoms with van der Waals surface area (Å²) < 4.78 is 13.7. The Balaban J connectivity index is 1.58. The van der Waals surface area contributed by atoms with Crippen LogP contribution in [-0.2, 0) is 9.59 Å². The largest absolute Gasteiger partial charge is 0.362 e. The van der Waals surface area contributed by atoms with E-state index in [-0.39, 0.29) is 11.7 Å². The molecule has 0 saturated heterocycles.